The maximum Gasteiger partial charge on any atom is 0.418 e. The Bertz CT molecular complexity index is 624. The van der Waals surface area contributed by atoms with Crippen LogP contribution < -0.4 is 11.1 Å². The third-order valence-corrected chi connectivity index (χ3v) is 2.73. The molecule has 21 heavy (non-hydrogen) atoms. The lowest BCUT2D eigenvalue weighted by Gasteiger charge is -2.11. The van der Waals surface area contributed by atoms with E-state index in [4.69, 9.17) is 5.73 Å². The van der Waals surface area contributed by atoms with Crippen LogP contribution in [0.15, 0.2) is 24.5 Å². The van der Waals surface area contributed by atoms with E-state index in [1.807, 2.05) is 0 Å². The monoisotopic (exact) mass is 299 g/mol. The number of nitrogen functional groups attached to an aromatic ring is 1. The summed E-state index contributed by atoms with van der Waals surface area (Å²) in [7, 11) is 0. The molecule has 0 radical (unpaired) electrons. The second-order valence-corrected chi connectivity index (χ2v) is 4.24. The zero-order valence-corrected chi connectivity index (χ0v) is 10.7. The molecule has 112 valence electrons. The Labute approximate surface area is 117 Å². The highest BCUT2D eigenvalue weighted by molar-refractivity contribution is 5.94. The van der Waals surface area contributed by atoms with Crippen molar-refractivity contribution >= 4 is 11.6 Å². The summed E-state index contributed by atoms with van der Waals surface area (Å²) >= 11 is 0. The molecule has 0 atom stereocenters. The van der Waals surface area contributed by atoms with Crippen LogP contribution in [0, 0.1) is 0 Å². The minimum atomic E-state index is -4.60. The predicted molar refractivity (Wildman–Crippen MR) is 68.3 cm³/mol. The van der Waals surface area contributed by atoms with Gasteiger partial charge in [0.25, 0.3) is 5.91 Å². The standard InChI is InChI=1S/C12H12F3N5O/c13-12(14,15)8-5-7(1-2-9(8)16)11(21)17-4-3-10-18-6-19-20-10/h1-2,5-6H,3-4,16H2,(H,17,21)(H,18,19,20). The predicted octanol–water partition coefficient (Wildman–Crippen LogP) is 1.38. The maximum atomic E-state index is 12.7. The number of hydrogen-bond donors (Lipinski definition) is 3. The van der Waals surface area contributed by atoms with Crippen molar-refractivity contribution in [2.45, 2.75) is 12.6 Å². The molecule has 1 heterocycles. The summed E-state index contributed by atoms with van der Waals surface area (Å²) in [4.78, 5) is 15.7. The van der Waals surface area contributed by atoms with Crippen molar-refractivity contribution in [3.63, 3.8) is 0 Å². The quantitative estimate of drug-likeness (QED) is 0.743. The van der Waals surface area contributed by atoms with Gasteiger partial charge in [-0.05, 0) is 18.2 Å². The number of nitrogens with one attached hydrogen (secondary N) is 2. The maximum absolute atomic E-state index is 12.7. The number of rotatable bonds is 4. The molecule has 1 aromatic heterocycles. The summed E-state index contributed by atoms with van der Waals surface area (Å²) in [5, 5.41) is 8.75. The molecule has 0 spiro atoms. The van der Waals surface area contributed by atoms with Gasteiger partial charge in [-0.15, -0.1) is 0 Å². The van der Waals surface area contributed by atoms with Gasteiger partial charge in [-0.2, -0.15) is 18.3 Å². The topological polar surface area (TPSA) is 96.7 Å². The molecule has 0 saturated carbocycles. The lowest BCUT2D eigenvalue weighted by molar-refractivity contribution is -0.136. The Hall–Kier alpha value is -2.58. The summed E-state index contributed by atoms with van der Waals surface area (Å²) in [6.45, 7) is 0.222. The van der Waals surface area contributed by atoms with Gasteiger partial charge in [0.15, 0.2) is 0 Å². The molecule has 6 nitrogen and oxygen atoms in total. The van der Waals surface area contributed by atoms with Gasteiger partial charge >= 0.3 is 6.18 Å². The van der Waals surface area contributed by atoms with Crippen LogP contribution in [-0.4, -0.2) is 27.6 Å². The van der Waals surface area contributed by atoms with Crippen LogP contribution in [0.5, 0.6) is 0 Å². The Morgan fingerprint density at radius 2 is 2.14 bits per heavy atom. The Morgan fingerprint density at radius 3 is 2.76 bits per heavy atom. The fraction of sp³-hybridized carbons (Fsp3) is 0.250. The number of alkyl halides is 3. The number of hydrogen-bond acceptors (Lipinski definition) is 4. The molecular weight excluding hydrogens is 287 g/mol. The highest BCUT2D eigenvalue weighted by atomic mass is 19.4. The number of halogens is 3. The van der Waals surface area contributed by atoms with Crippen LogP contribution in [-0.2, 0) is 12.6 Å². The average Bonchev–Trinajstić information content (AvgIpc) is 2.91. The minimum Gasteiger partial charge on any atom is -0.398 e. The third kappa shape index (κ3) is 3.71. The number of H-pyrrole nitrogens is 1. The number of carbonyl (C=O) groups excluding carboxylic acids is 1. The van der Waals surface area contributed by atoms with Gasteiger partial charge in [0, 0.05) is 24.2 Å². The van der Waals surface area contributed by atoms with Crippen LogP contribution in [0.2, 0.25) is 0 Å². The average molecular weight is 299 g/mol. The van der Waals surface area contributed by atoms with Crippen LogP contribution >= 0.6 is 0 Å². The van der Waals surface area contributed by atoms with Gasteiger partial charge in [0.05, 0.1) is 5.56 Å². The van der Waals surface area contributed by atoms with E-state index in [0.29, 0.717) is 12.2 Å². The molecule has 0 aliphatic rings. The number of anilines is 1. The van der Waals surface area contributed by atoms with Crippen LogP contribution in [0.4, 0.5) is 18.9 Å². The molecule has 9 heteroatoms. The van der Waals surface area contributed by atoms with Crippen molar-refractivity contribution in [1.29, 1.82) is 0 Å². The number of nitrogens with two attached hydrogens (primary N) is 1. The minimum absolute atomic E-state index is 0.103. The smallest absolute Gasteiger partial charge is 0.398 e. The Morgan fingerprint density at radius 1 is 1.38 bits per heavy atom. The number of benzene rings is 1. The van der Waals surface area contributed by atoms with Gasteiger partial charge in [0.2, 0.25) is 0 Å². The van der Waals surface area contributed by atoms with Crippen LogP contribution in [0.3, 0.4) is 0 Å². The van der Waals surface area contributed by atoms with Gasteiger partial charge in [-0.3, -0.25) is 9.89 Å². The largest absolute Gasteiger partial charge is 0.418 e. The van der Waals surface area contributed by atoms with E-state index in [1.54, 1.807) is 0 Å². The molecule has 1 amide bonds. The highest BCUT2D eigenvalue weighted by Gasteiger charge is 2.33. The first-order valence-electron chi connectivity index (χ1n) is 5.97. The van der Waals surface area contributed by atoms with Crippen molar-refractivity contribution in [2.75, 3.05) is 12.3 Å². The summed E-state index contributed by atoms with van der Waals surface area (Å²) < 4.78 is 38.1. The second-order valence-electron chi connectivity index (χ2n) is 4.24. The molecule has 0 aliphatic heterocycles. The van der Waals surface area contributed by atoms with E-state index in [2.05, 4.69) is 20.5 Å². The second kappa shape index (κ2) is 5.81. The first-order valence-corrected chi connectivity index (χ1v) is 5.97. The molecule has 0 saturated heterocycles. The Kier molecular flexibility index (Phi) is 4.10. The molecule has 1 aromatic carbocycles. The SMILES string of the molecule is Nc1ccc(C(=O)NCCc2ncn[nH]2)cc1C(F)(F)F. The zero-order chi connectivity index (χ0) is 15.5. The molecular formula is C12H12F3N5O. The number of carbonyl (C=O) groups is 1. The summed E-state index contributed by atoms with van der Waals surface area (Å²) in [6.07, 6.45) is -2.88. The fourth-order valence-corrected chi connectivity index (χ4v) is 1.69. The molecule has 0 bridgehead atoms. The number of amides is 1. The fourth-order valence-electron chi connectivity index (χ4n) is 1.69. The number of nitrogens with zero attached hydrogens (tertiary/aromatic N) is 2. The zero-order valence-electron chi connectivity index (χ0n) is 10.7. The lowest BCUT2D eigenvalue weighted by Crippen LogP contribution is -2.26. The van der Waals surface area contributed by atoms with E-state index < -0.39 is 23.3 Å². The van der Waals surface area contributed by atoms with Gasteiger partial charge in [0.1, 0.15) is 12.2 Å². The summed E-state index contributed by atoms with van der Waals surface area (Å²) in [5.74, 6) is -0.0383. The van der Waals surface area contributed by atoms with Gasteiger partial charge < -0.3 is 11.1 Å². The van der Waals surface area contributed by atoms with Crippen molar-refractivity contribution in [1.82, 2.24) is 20.5 Å². The first-order chi connectivity index (χ1) is 9.88. The van der Waals surface area contributed by atoms with Gasteiger partial charge in [-0.25, -0.2) is 4.98 Å². The number of aromatic nitrogens is 3. The normalized spacial score (nSPS) is 11.4. The summed E-state index contributed by atoms with van der Waals surface area (Å²) in [6, 6.07) is 3.04. The van der Waals surface area contributed by atoms with Crippen molar-refractivity contribution in [2.24, 2.45) is 0 Å². The highest BCUT2D eigenvalue weighted by Crippen LogP contribution is 2.33. The van der Waals surface area contributed by atoms with E-state index >= 15 is 0 Å². The molecule has 2 aromatic rings. The molecule has 4 N–H and O–H groups in total. The van der Waals surface area contributed by atoms with Gasteiger partial charge in [-0.1, -0.05) is 0 Å². The van der Waals surface area contributed by atoms with Crippen molar-refractivity contribution in [3.05, 3.63) is 41.5 Å². The van der Waals surface area contributed by atoms with Crippen molar-refractivity contribution < 1.29 is 18.0 Å². The lowest BCUT2D eigenvalue weighted by atomic mass is 10.1. The number of aromatic amines is 1. The van der Waals surface area contributed by atoms with E-state index in [-0.39, 0.29) is 12.1 Å². The van der Waals surface area contributed by atoms with Crippen LogP contribution in [0.25, 0.3) is 0 Å². The molecule has 2 rings (SSSR count). The van der Waals surface area contributed by atoms with E-state index in [0.717, 1.165) is 12.1 Å². The third-order valence-electron chi connectivity index (χ3n) is 2.73. The first kappa shape index (κ1) is 14.8. The van der Waals surface area contributed by atoms with Crippen molar-refractivity contribution in [3.8, 4) is 0 Å². The molecule has 0 unspecified atom stereocenters. The summed E-state index contributed by atoms with van der Waals surface area (Å²) in [5.41, 5.74) is 3.73. The Balaban J connectivity index is 2.02. The van der Waals surface area contributed by atoms with E-state index in [9.17, 15) is 18.0 Å². The van der Waals surface area contributed by atoms with E-state index in [1.165, 1.54) is 12.4 Å². The molecule has 0 aliphatic carbocycles. The molecule has 0 fully saturated rings. The van der Waals surface area contributed by atoms with Crippen LogP contribution in [0.1, 0.15) is 21.7 Å².